The summed E-state index contributed by atoms with van der Waals surface area (Å²) in [5.74, 6) is 0.801. The van der Waals surface area contributed by atoms with Gasteiger partial charge >= 0.3 is 0 Å². The molecule has 1 aromatic carbocycles. The van der Waals surface area contributed by atoms with E-state index in [-0.39, 0.29) is 11.8 Å². The minimum Gasteiger partial charge on any atom is -0.491 e. The molecular weight excluding hydrogens is 293 g/mol. The van der Waals surface area contributed by atoms with Crippen molar-refractivity contribution in [1.29, 1.82) is 0 Å². The Morgan fingerprint density at radius 1 is 1.56 bits per heavy atom. The van der Waals surface area contributed by atoms with Crippen molar-refractivity contribution in [3.05, 3.63) is 28.2 Å². The second kappa shape index (κ2) is 5.06. The number of alkyl halides is 1. The number of hydrogen-bond acceptors (Lipinski definition) is 2. The maximum absolute atomic E-state index is 11.5. The normalized spacial score (nSPS) is 15.0. The lowest BCUT2D eigenvalue weighted by Gasteiger charge is -2.18. The Hall–Kier alpha value is -0.740. The molecule has 0 radical (unpaired) electrons. The molecule has 16 heavy (non-hydrogen) atoms. The second-order valence-corrected chi connectivity index (χ2v) is 4.73. The molecular formula is C11H11BrClNO2. The summed E-state index contributed by atoms with van der Waals surface area (Å²) in [6.45, 7) is 1.65. The number of halogens is 2. The first-order valence-corrected chi connectivity index (χ1v) is 6.28. The van der Waals surface area contributed by atoms with E-state index in [0.717, 1.165) is 15.8 Å². The second-order valence-electron chi connectivity index (χ2n) is 3.55. The molecule has 0 atom stereocenters. The van der Waals surface area contributed by atoms with Gasteiger partial charge in [-0.3, -0.25) is 4.79 Å². The van der Waals surface area contributed by atoms with Gasteiger partial charge in [0.25, 0.3) is 0 Å². The number of nitrogens with zero attached hydrogens (tertiary/aromatic N) is 1. The summed E-state index contributed by atoms with van der Waals surface area (Å²) in [6.07, 6.45) is 0. The van der Waals surface area contributed by atoms with Crippen LogP contribution in [0.2, 0.25) is 0 Å². The average molecular weight is 305 g/mol. The van der Waals surface area contributed by atoms with E-state index in [4.69, 9.17) is 16.3 Å². The molecule has 1 amide bonds. The first-order chi connectivity index (χ1) is 7.70. The van der Waals surface area contributed by atoms with Gasteiger partial charge in [-0.25, -0.2) is 0 Å². The lowest BCUT2D eigenvalue weighted by molar-refractivity contribution is -0.129. The molecule has 1 aliphatic rings. The first-order valence-electron chi connectivity index (χ1n) is 4.95. The van der Waals surface area contributed by atoms with Crippen LogP contribution in [0, 0.1) is 0 Å². The lowest BCUT2D eigenvalue weighted by atomic mass is 10.2. The fraction of sp³-hybridized carbons (Fsp3) is 0.364. The van der Waals surface area contributed by atoms with Gasteiger partial charge in [-0.05, 0) is 18.2 Å². The molecule has 1 aliphatic heterocycles. The summed E-state index contributed by atoms with van der Waals surface area (Å²) >= 11 is 8.96. The van der Waals surface area contributed by atoms with E-state index < -0.39 is 0 Å². The van der Waals surface area contributed by atoms with Crippen LogP contribution in [0.15, 0.2) is 22.7 Å². The summed E-state index contributed by atoms with van der Waals surface area (Å²) in [5, 5.41) is 0. The molecule has 3 nitrogen and oxygen atoms in total. The van der Waals surface area contributed by atoms with Gasteiger partial charge in [0.1, 0.15) is 18.2 Å². The highest BCUT2D eigenvalue weighted by Gasteiger charge is 2.18. The smallest absolute Gasteiger partial charge is 0.237 e. The highest BCUT2D eigenvalue weighted by atomic mass is 79.9. The standard InChI is InChI=1S/C11H11BrClNO2/c12-9-1-2-10-8(5-9)7-14(3-4-16-10)11(15)6-13/h1-2,5H,3-4,6-7H2. The maximum atomic E-state index is 11.5. The van der Waals surface area contributed by atoms with Crippen molar-refractivity contribution < 1.29 is 9.53 Å². The van der Waals surface area contributed by atoms with Crippen LogP contribution in [0.1, 0.15) is 5.56 Å². The molecule has 0 saturated heterocycles. The number of fused-ring (bicyclic) bond motifs is 1. The number of amides is 1. The molecule has 1 aromatic rings. The zero-order chi connectivity index (χ0) is 11.5. The van der Waals surface area contributed by atoms with E-state index in [0.29, 0.717) is 19.7 Å². The van der Waals surface area contributed by atoms with Crippen molar-refractivity contribution in [3.8, 4) is 5.75 Å². The van der Waals surface area contributed by atoms with Crippen LogP contribution >= 0.6 is 27.5 Å². The van der Waals surface area contributed by atoms with Crippen molar-refractivity contribution >= 4 is 33.4 Å². The monoisotopic (exact) mass is 303 g/mol. The number of carbonyl (C=O) groups is 1. The molecule has 0 N–H and O–H groups in total. The molecule has 5 heteroatoms. The molecule has 2 rings (SSSR count). The largest absolute Gasteiger partial charge is 0.491 e. The minimum absolute atomic E-state index is 0.0172. The van der Waals surface area contributed by atoms with Crippen molar-refractivity contribution in [3.63, 3.8) is 0 Å². The molecule has 0 unspecified atom stereocenters. The Bertz CT molecular complexity index is 411. The van der Waals surface area contributed by atoms with Gasteiger partial charge in [0.15, 0.2) is 0 Å². The van der Waals surface area contributed by atoms with E-state index in [1.54, 1.807) is 4.90 Å². The molecule has 1 heterocycles. The van der Waals surface area contributed by atoms with Crippen molar-refractivity contribution in [2.75, 3.05) is 19.0 Å². The molecule has 0 aliphatic carbocycles. The van der Waals surface area contributed by atoms with Gasteiger partial charge in [0.2, 0.25) is 5.91 Å². The summed E-state index contributed by atoms with van der Waals surface area (Å²) in [5.41, 5.74) is 1.00. The van der Waals surface area contributed by atoms with Gasteiger partial charge in [-0.2, -0.15) is 0 Å². The SMILES string of the molecule is O=C(CCl)N1CCOc2ccc(Br)cc2C1. The van der Waals surface area contributed by atoms with Crippen molar-refractivity contribution in [1.82, 2.24) is 4.90 Å². The molecule has 86 valence electrons. The molecule has 0 spiro atoms. The van der Waals surface area contributed by atoms with E-state index in [1.807, 2.05) is 18.2 Å². The van der Waals surface area contributed by atoms with Crippen LogP contribution in [0.3, 0.4) is 0 Å². The topological polar surface area (TPSA) is 29.5 Å². The van der Waals surface area contributed by atoms with Gasteiger partial charge in [-0.1, -0.05) is 15.9 Å². The highest BCUT2D eigenvalue weighted by molar-refractivity contribution is 9.10. The fourth-order valence-electron chi connectivity index (χ4n) is 1.66. The predicted octanol–water partition coefficient (Wildman–Crippen LogP) is 2.41. The molecule has 0 bridgehead atoms. The Labute approximate surface area is 107 Å². The zero-order valence-electron chi connectivity index (χ0n) is 8.58. The number of hydrogen-bond donors (Lipinski definition) is 0. The van der Waals surface area contributed by atoms with Crippen molar-refractivity contribution in [2.24, 2.45) is 0 Å². The van der Waals surface area contributed by atoms with Crippen LogP contribution in [0.25, 0.3) is 0 Å². The summed E-state index contributed by atoms with van der Waals surface area (Å²) in [4.78, 5) is 13.3. The Balaban J connectivity index is 2.25. The lowest BCUT2D eigenvalue weighted by Crippen LogP contribution is -2.33. The van der Waals surface area contributed by atoms with Gasteiger partial charge in [0.05, 0.1) is 6.54 Å². The summed E-state index contributed by atoms with van der Waals surface area (Å²) < 4.78 is 6.55. The first kappa shape index (κ1) is 11.7. The van der Waals surface area contributed by atoms with Crippen LogP contribution < -0.4 is 4.74 Å². The van der Waals surface area contributed by atoms with E-state index in [9.17, 15) is 4.79 Å². The Morgan fingerprint density at radius 3 is 3.12 bits per heavy atom. The molecule has 0 saturated carbocycles. The third-order valence-electron chi connectivity index (χ3n) is 2.47. The average Bonchev–Trinajstić information content (AvgIpc) is 2.49. The van der Waals surface area contributed by atoms with Gasteiger partial charge < -0.3 is 9.64 Å². The Morgan fingerprint density at radius 2 is 2.38 bits per heavy atom. The van der Waals surface area contributed by atoms with E-state index >= 15 is 0 Å². The maximum Gasteiger partial charge on any atom is 0.237 e. The van der Waals surface area contributed by atoms with Crippen LogP contribution in [-0.2, 0) is 11.3 Å². The number of ether oxygens (including phenoxy) is 1. The number of carbonyl (C=O) groups excluding carboxylic acids is 1. The molecule has 0 fully saturated rings. The van der Waals surface area contributed by atoms with Gasteiger partial charge in [-0.15, -0.1) is 11.6 Å². The fourth-order valence-corrected chi connectivity index (χ4v) is 2.24. The van der Waals surface area contributed by atoms with Crippen LogP contribution in [0.5, 0.6) is 5.75 Å². The summed E-state index contributed by atoms with van der Waals surface area (Å²) in [6, 6.07) is 5.81. The quantitative estimate of drug-likeness (QED) is 0.746. The number of rotatable bonds is 1. The number of benzene rings is 1. The third kappa shape index (κ3) is 2.50. The van der Waals surface area contributed by atoms with Crippen molar-refractivity contribution in [2.45, 2.75) is 6.54 Å². The van der Waals surface area contributed by atoms with Gasteiger partial charge in [0, 0.05) is 16.6 Å². The zero-order valence-corrected chi connectivity index (χ0v) is 10.9. The van der Waals surface area contributed by atoms with E-state index in [1.165, 1.54) is 0 Å². The van der Waals surface area contributed by atoms with Crippen LogP contribution in [-0.4, -0.2) is 29.8 Å². The highest BCUT2D eigenvalue weighted by Crippen LogP contribution is 2.26. The predicted molar refractivity (Wildman–Crippen MR) is 65.8 cm³/mol. The van der Waals surface area contributed by atoms with Crippen LogP contribution in [0.4, 0.5) is 0 Å². The Kier molecular flexibility index (Phi) is 3.71. The third-order valence-corrected chi connectivity index (χ3v) is 3.19. The molecule has 0 aromatic heterocycles. The minimum atomic E-state index is -0.0573. The summed E-state index contributed by atoms with van der Waals surface area (Å²) in [7, 11) is 0. The van der Waals surface area contributed by atoms with E-state index in [2.05, 4.69) is 15.9 Å².